The van der Waals surface area contributed by atoms with E-state index in [1.807, 2.05) is 0 Å². The van der Waals surface area contributed by atoms with Gasteiger partial charge in [0.1, 0.15) is 18.1 Å². The summed E-state index contributed by atoms with van der Waals surface area (Å²) >= 11 is 0. The van der Waals surface area contributed by atoms with Gasteiger partial charge < -0.3 is 15.1 Å². The van der Waals surface area contributed by atoms with Crippen LogP contribution >= 0.6 is 0 Å². The van der Waals surface area contributed by atoms with Gasteiger partial charge in [-0.1, -0.05) is 12.1 Å². The van der Waals surface area contributed by atoms with E-state index in [-0.39, 0.29) is 18.0 Å². The second kappa shape index (κ2) is 6.71. The van der Waals surface area contributed by atoms with E-state index in [4.69, 9.17) is 0 Å². The first kappa shape index (κ1) is 15.5. The Labute approximate surface area is 126 Å². The number of aromatic nitrogens is 1. The summed E-state index contributed by atoms with van der Waals surface area (Å²) in [5.41, 5.74) is 0.745. The van der Waals surface area contributed by atoms with Crippen LogP contribution in [0, 0.1) is 5.82 Å². The number of amides is 1. The molecule has 1 heterocycles. The fraction of sp³-hybridized carbons (Fsp3) is 0.0714. The van der Waals surface area contributed by atoms with Gasteiger partial charge in [-0.15, -0.1) is 0 Å². The minimum absolute atomic E-state index is 0.232. The zero-order valence-electron chi connectivity index (χ0n) is 11.7. The second-order valence-electron chi connectivity index (χ2n) is 4.36. The molecule has 22 heavy (non-hydrogen) atoms. The molecule has 8 heteroatoms. The molecule has 1 aromatic carbocycles. The van der Waals surface area contributed by atoms with Gasteiger partial charge in [0.2, 0.25) is 0 Å². The number of carbonyl (C=O) groups is 2. The molecule has 0 bridgehead atoms. The highest BCUT2D eigenvalue weighted by Crippen LogP contribution is 2.25. The molecule has 0 fully saturated rings. The highest BCUT2D eigenvalue weighted by atomic mass is 19.1. The first-order chi connectivity index (χ1) is 10.5. The number of rotatable bonds is 4. The number of halogens is 1. The van der Waals surface area contributed by atoms with Crippen molar-refractivity contribution < 1.29 is 23.7 Å². The lowest BCUT2D eigenvalue weighted by Crippen LogP contribution is -2.30. The molecule has 1 aromatic heterocycles. The van der Waals surface area contributed by atoms with Crippen LogP contribution in [0.25, 0.3) is 11.1 Å². The minimum Gasteiger partial charge on any atom is -0.542 e. The summed E-state index contributed by atoms with van der Waals surface area (Å²) in [6.45, 7) is -0.331. The number of benzene rings is 1. The SMILES string of the molecule is BOC(=O)CNC(=O)c1ncc(-c2cccc(F)c2)cc1O. The van der Waals surface area contributed by atoms with Gasteiger partial charge in [-0.3, -0.25) is 9.59 Å². The molecule has 0 aliphatic carbocycles. The van der Waals surface area contributed by atoms with Gasteiger partial charge in [-0.25, -0.2) is 9.37 Å². The van der Waals surface area contributed by atoms with Crippen molar-refractivity contribution in [3.05, 3.63) is 48.0 Å². The average molecular weight is 302 g/mol. The normalized spacial score (nSPS) is 10.0. The van der Waals surface area contributed by atoms with Gasteiger partial charge in [0, 0.05) is 11.8 Å². The predicted octanol–water partition coefficient (Wildman–Crippen LogP) is 0.414. The highest BCUT2D eigenvalue weighted by molar-refractivity contribution is 6.06. The van der Waals surface area contributed by atoms with Crippen molar-refractivity contribution >= 4 is 19.9 Å². The van der Waals surface area contributed by atoms with E-state index in [2.05, 4.69) is 15.0 Å². The number of nitrogens with zero attached hydrogens (tertiary/aromatic N) is 1. The molecular weight excluding hydrogens is 290 g/mol. The van der Waals surface area contributed by atoms with E-state index in [1.54, 1.807) is 6.07 Å². The number of pyridine rings is 1. The van der Waals surface area contributed by atoms with Crippen LogP contribution in [-0.2, 0) is 9.45 Å². The minimum atomic E-state index is -0.714. The van der Waals surface area contributed by atoms with Gasteiger partial charge in [-0.05, 0) is 23.8 Å². The maximum atomic E-state index is 13.2. The Hall–Kier alpha value is -2.90. The standard InChI is InChI=1S/C14H12BFN2O4/c15-22-12(20)7-18-14(21)13-11(19)5-9(6-17-13)8-2-1-3-10(16)4-8/h1-6,19H,7,15H2,(H,18,21). The molecule has 0 saturated heterocycles. The van der Waals surface area contributed by atoms with E-state index in [1.165, 1.54) is 38.5 Å². The first-order valence-electron chi connectivity index (χ1n) is 6.31. The Morgan fingerprint density at radius 1 is 1.32 bits per heavy atom. The Morgan fingerprint density at radius 2 is 2.09 bits per heavy atom. The monoisotopic (exact) mass is 302 g/mol. The largest absolute Gasteiger partial charge is 0.542 e. The summed E-state index contributed by atoms with van der Waals surface area (Å²) in [6, 6.07) is 7.06. The quantitative estimate of drug-likeness (QED) is 0.799. The van der Waals surface area contributed by atoms with Crippen LogP contribution in [0.2, 0.25) is 0 Å². The topological polar surface area (TPSA) is 88.5 Å². The molecule has 112 valence electrons. The fourth-order valence-corrected chi connectivity index (χ4v) is 1.76. The molecule has 0 spiro atoms. The van der Waals surface area contributed by atoms with Crippen LogP contribution in [0.5, 0.6) is 5.75 Å². The van der Waals surface area contributed by atoms with Crippen molar-refractivity contribution in [2.45, 2.75) is 0 Å². The summed E-state index contributed by atoms with van der Waals surface area (Å²) in [5.74, 6) is -2.13. The van der Waals surface area contributed by atoms with E-state index >= 15 is 0 Å². The molecule has 0 saturated carbocycles. The van der Waals surface area contributed by atoms with Crippen LogP contribution in [0.15, 0.2) is 36.5 Å². The van der Waals surface area contributed by atoms with Gasteiger partial charge >= 0.3 is 14.0 Å². The second-order valence-corrected chi connectivity index (χ2v) is 4.36. The zero-order valence-corrected chi connectivity index (χ0v) is 11.7. The highest BCUT2D eigenvalue weighted by Gasteiger charge is 2.15. The summed E-state index contributed by atoms with van der Waals surface area (Å²) in [6.07, 6.45) is 1.33. The maximum Gasteiger partial charge on any atom is 0.326 e. The van der Waals surface area contributed by atoms with E-state index in [9.17, 15) is 19.1 Å². The fourth-order valence-electron chi connectivity index (χ4n) is 1.76. The maximum absolute atomic E-state index is 13.2. The van der Waals surface area contributed by atoms with Crippen molar-refractivity contribution in [3.8, 4) is 16.9 Å². The number of aromatic hydroxyl groups is 1. The number of carbonyl (C=O) groups excluding carboxylic acids is 2. The number of nitrogens with one attached hydrogen (secondary N) is 1. The van der Waals surface area contributed by atoms with Crippen LogP contribution in [-0.4, -0.2) is 36.6 Å². The molecule has 2 N–H and O–H groups in total. The van der Waals surface area contributed by atoms with Crippen molar-refractivity contribution in [3.63, 3.8) is 0 Å². The molecule has 0 atom stereocenters. The van der Waals surface area contributed by atoms with Crippen molar-refractivity contribution in [2.75, 3.05) is 6.54 Å². The lowest BCUT2D eigenvalue weighted by atomic mass is 10.1. The third-order valence-corrected chi connectivity index (χ3v) is 2.86. The molecule has 0 unspecified atom stereocenters. The van der Waals surface area contributed by atoms with Crippen molar-refractivity contribution in [2.24, 2.45) is 0 Å². The summed E-state index contributed by atoms with van der Waals surface area (Å²) < 4.78 is 17.6. The number of hydrogen-bond acceptors (Lipinski definition) is 5. The first-order valence-corrected chi connectivity index (χ1v) is 6.31. The summed E-state index contributed by atoms with van der Waals surface area (Å²) in [4.78, 5) is 26.6. The smallest absolute Gasteiger partial charge is 0.326 e. The van der Waals surface area contributed by atoms with E-state index in [0.29, 0.717) is 11.1 Å². The molecule has 1 amide bonds. The van der Waals surface area contributed by atoms with Crippen LogP contribution in [0.3, 0.4) is 0 Å². The predicted molar refractivity (Wildman–Crippen MR) is 78.3 cm³/mol. The van der Waals surface area contributed by atoms with Crippen molar-refractivity contribution in [1.82, 2.24) is 10.3 Å². The summed E-state index contributed by atoms with van der Waals surface area (Å²) in [7, 11) is 1.19. The summed E-state index contributed by atoms with van der Waals surface area (Å²) in [5, 5.41) is 12.1. The van der Waals surface area contributed by atoms with E-state index < -0.39 is 17.7 Å². The molecule has 0 radical (unpaired) electrons. The third kappa shape index (κ3) is 3.60. The van der Waals surface area contributed by atoms with Gasteiger partial charge in [0.15, 0.2) is 5.69 Å². The molecule has 0 aliphatic rings. The van der Waals surface area contributed by atoms with Crippen molar-refractivity contribution in [1.29, 1.82) is 0 Å². The molecule has 0 aliphatic heterocycles. The van der Waals surface area contributed by atoms with Gasteiger partial charge in [0.25, 0.3) is 5.91 Å². The Balaban J connectivity index is 2.19. The molecule has 2 aromatic rings. The van der Waals surface area contributed by atoms with Crippen LogP contribution < -0.4 is 5.32 Å². The average Bonchev–Trinajstić information content (AvgIpc) is 2.52. The van der Waals surface area contributed by atoms with E-state index in [0.717, 1.165) is 0 Å². The third-order valence-electron chi connectivity index (χ3n) is 2.86. The molecular formula is C14H12BFN2O4. The Kier molecular flexibility index (Phi) is 4.72. The lowest BCUT2D eigenvalue weighted by molar-refractivity contribution is -0.132. The van der Waals surface area contributed by atoms with Gasteiger partial charge in [0.05, 0.1) is 0 Å². The lowest BCUT2D eigenvalue weighted by Gasteiger charge is -2.07. The van der Waals surface area contributed by atoms with Crippen LogP contribution in [0.1, 0.15) is 10.5 Å². The zero-order chi connectivity index (χ0) is 16.1. The molecule has 2 rings (SSSR count). The van der Waals surface area contributed by atoms with Crippen LogP contribution in [0.4, 0.5) is 4.39 Å². The Morgan fingerprint density at radius 3 is 2.73 bits per heavy atom. The Bertz CT molecular complexity index is 724. The van der Waals surface area contributed by atoms with Gasteiger partial charge in [-0.2, -0.15) is 0 Å². The molecule has 6 nitrogen and oxygen atoms in total. The number of hydrogen-bond donors (Lipinski definition) is 2.